The van der Waals surface area contributed by atoms with Crippen LogP contribution in [-0.2, 0) is 0 Å². The van der Waals surface area contributed by atoms with Crippen LogP contribution < -0.4 is 0 Å². The van der Waals surface area contributed by atoms with E-state index in [-0.39, 0.29) is 0 Å². The third-order valence-electron chi connectivity index (χ3n) is 7.73. The molecule has 9 aromatic rings. The van der Waals surface area contributed by atoms with Gasteiger partial charge in [0.05, 0.1) is 0 Å². The summed E-state index contributed by atoms with van der Waals surface area (Å²) < 4.78 is 18.3. The lowest BCUT2D eigenvalue weighted by molar-refractivity contribution is 0.668. The standard InChI is InChI=1S/C36H20O3S/c1-3-7-31-25(5-1)27-17-21(9-13-33(27)37-31)22-10-14-34-28(18-22)30-20-24(12-16-36(30)39-34)40-23-11-15-35-29(19-23)26-6-2-4-8-32(26)38-35/h1-20H. The van der Waals surface area contributed by atoms with Crippen molar-refractivity contribution in [2.75, 3.05) is 0 Å². The van der Waals surface area contributed by atoms with E-state index in [2.05, 4.69) is 97.1 Å². The third-order valence-corrected chi connectivity index (χ3v) is 8.71. The van der Waals surface area contributed by atoms with Crippen molar-refractivity contribution in [1.29, 1.82) is 0 Å². The van der Waals surface area contributed by atoms with E-state index in [9.17, 15) is 0 Å². The van der Waals surface area contributed by atoms with E-state index in [1.165, 1.54) is 9.79 Å². The summed E-state index contributed by atoms with van der Waals surface area (Å²) in [7, 11) is 0. The minimum atomic E-state index is 0.891. The van der Waals surface area contributed by atoms with Gasteiger partial charge in [-0.05, 0) is 83.9 Å². The Bertz CT molecular complexity index is 2420. The fourth-order valence-electron chi connectivity index (χ4n) is 5.81. The molecular weight excluding hydrogens is 512 g/mol. The van der Waals surface area contributed by atoms with Gasteiger partial charge in [0.15, 0.2) is 0 Å². The van der Waals surface area contributed by atoms with Crippen molar-refractivity contribution in [3.8, 4) is 11.1 Å². The molecule has 0 saturated heterocycles. The molecule has 0 fully saturated rings. The number of benzene rings is 6. The molecule has 0 aliphatic rings. The molecule has 40 heavy (non-hydrogen) atoms. The molecule has 9 rings (SSSR count). The summed E-state index contributed by atoms with van der Waals surface area (Å²) >= 11 is 1.75. The second-order valence-corrected chi connectivity index (χ2v) is 11.3. The minimum Gasteiger partial charge on any atom is -0.456 e. The molecule has 0 spiro atoms. The van der Waals surface area contributed by atoms with Crippen LogP contribution in [0.1, 0.15) is 0 Å². The third kappa shape index (κ3) is 3.33. The maximum absolute atomic E-state index is 6.22. The first-order chi connectivity index (χ1) is 19.8. The predicted octanol–water partition coefficient (Wildman–Crippen LogP) is 11.2. The Kier molecular flexibility index (Phi) is 4.54. The molecule has 6 aromatic carbocycles. The van der Waals surface area contributed by atoms with Gasteiger partial charge in [0.25, 0.3) is 0 Å². The summed E-state index contributed by atoms with van der Waals surface area (Å²) in [6.07, 6.45) is 0. The zero-order valence-corrected chi connectivity index (χ0v) is 22.0. The van der Waals surface area contributed by atoms with Gasteiger partial charge in [-0.2, -0.15) is 0 Å². The van der Waals surface area contributed by atoms with Crippen LogP contribution in [-0.4, -0.2) is 0 Å². The summed E-state index contributed by atoms with van der Waals surface area (Å²) in [6, 6.07) is 42.1. The second-order valence-electron chi connectivity index (χ2n) is 10.1. The number of para-hydroxylation sites is 2. The molecule has 0 radical (unpaired) electrons. The first-order valence-electron chi connectivity index (χ1n) is 13.2. The lowest BCUT2D eigenvalue weighted by Crippen LogP contribution is -1.78. The summed E-state index contributed by atoms with van der Waals surface area (Å²) in [4.78, 5) is 2.34. The van der Waals surface area contributed by atoms with Crippen LogP contribution in [0.5, 0.6) is 0 Å². The maximum Gasteiger partial charge on any atom is 0.135 e. The number of hydrogen-bond donors (Lipinski definition) is 0. The fourth-order valence-corrected chi connectivity index (χ4v) is 6.71. The van der Waals surface area contributed by atoms with Crippen molar-refractivity contribution in [1.82, 2.24) is 0 Å². The van der Waals surface area contributed by atoms with Crippen molar-refractivity contribution in [3.05, 3.63) is 121 Å². The van der Waals surface area contributed by atoms with Crippen molar-refractivity contribution in [2.45, 2.75) is 9.79 Å². The van der Waals surface area contributed by atoms with Crippen molar-refractivity contribution >= 4 is 77.6 Å². The van der Waals surface area contributed by atoms with E-state index in [1.807, 2.05) is 24.3 Å². The molecule has 0 unspecified atom stereocenters. The van der Waals surface area contributed by atoms with Gasteiger partial charge in [0.1, 0.15) is 33.5 Å². The number of hydrogen-bond acceptors (Lipinski definition) is 4. The SMILES string of the molecule is c1ccc2c(c1)oc1ccc(Sc3ccc4oc5ccc(-c6ccc7oc8ccccc8c7c6)cc5c4c3)cc12. The van der Waals surface area contributed by atoms with Crippen LogP contribution >= 0.6 is 11.8 Å². The fraction of sp³-hybridized carbons (Fsp3) is 0. The number of fused-ring (bicyclic) bond motifs is 9. The van der Waals surface area contributed by atoms with Gasteiger partial charge in [-0.15, -0.1) is 0 Å². The van der Waals surface area contributed by atoms with Gasteiger partial charge >= 0.3 is 0 Å². The maximum atomic E-state index is 6.22. The normalized spacial score (nSPS) is 12.1. The number of rotatable bonds is 3. The first kappa shape index (κ1) is 21.9. The summed E-state index contributed by atoms with van der Waals surface area (Å²) in [5.41, 5.74) is 7.74. The number of furan rings is 3. The van der Waals surface area contributed by atoms with Crippen molar-refractivity contribution in [2.24, 2.45) is 0 Å². The molecule has 0 amide bonds. The molecule has 0 saturated carbocycles. The molecule has 3 aromatic heterocycles. The van der Waals surface area contributed by atoms with Crippen molar-refractivity contribution in [3.63, 3.8) is 0 Å². The molecular formula is C36H20O3S. The molecule has 3 heterocycles. The monoisotopic (exact) mass is 532 g/mol. The van der Waals surface area contributed by atoms with E-state index in [4.69, 9.17) is 13.3 Å². The Morgan fingerprint density at radius 2 is 0.700 bits per heavy atom. The van der Waals surface area contributed by atoms with Gasteiger partial charge < -0.3 is 13.3 Å². The van der Waals surface area contributed by atoms with Crippen LogP contribution in [0.25, 0.3) is 76.9 Å². The van der Waals surface area contributed by atoms with E-state index in [0.29, 0.717) is 0 Å². The Balaban J connectivity index is 1.13. The van der Waals surface area contributed by atoms with E-state index >= 15 is 0 Å². The van der Waals surface area contributed by atoms with E-state index in [1.54, 1.807) is 11.8 Å². The van der Waals surface area contributed by atoms with Crippen LogP contribution in [0.4, 0.5) is 0 Å². The first-order valence-corrected chi connectivity index (χ1v) is 14.1. The summed E-state index contributed by atoms with van der Waals surface area (Å²) in [5.74, 6) is 0. The van der Waals surface area contributed by atoms with Crippen LogP contribution in [0.2, 0.25) is 0 Å². The summed E-state index contributed by atoms with van der Waals surface area (Å²) in [6.45, 7) is 0. The van der Waals surface area contributed by atoms with Gasteiger partial charge in [-0.25, -0.2) is 0 Å². The van der Waals surface area contributed by atoms with Gasteiger partial charge in [0, 0.05) is 42.1 Å². The van der Waals surface area contributed by atoms with Gasteiger partial charge in [-0.1, -0.05) is 60.3 Å². The molecule has 0 aliphatic heterocycles. The lowest BCUT2D eigenvalue weighted by atomic mass is 10.0. The average molecular weight is 533 g/mol. The topological polar surface area (TPSA) is 39.4 Å². The van der Waals surface area contributed by atoms with E-state index < -0.39 is 0 Å². The molecule has 3 nitrogen and oxygen atoms in total. The highest BCUT2D eigenvalue weighted by atomic mass is 32.2. The molecule has 188 valence electrons. The zero-order valence-electron chi connectivity index (χ0n) is 21.2. The van der Waals surface area contributed by atoms with Crippen molar-refractivity contribution < 1.29 is 13.3 Å². The van der Waals surface area contributed by atoms with Gasteiger partial charge in [-0.3, -0.25) is 0 Å². The summed E-state index contributed by atoms with van der Waals surface area (Å²) in [5, 5.41) is 6.78. The Hall–Kier alpha value is -4.93. The quantitative estimate of drug-likeness (QED) is 0.227. The van der Waals surface area contributed by atoms with Crippen LogP contribution in [0.3, 0.4) is 0 Å². The van der Waals surface area contributed by atoms with Gasteiger partial charge in [0.2, 0.25) is 0 Å². The second kappa shape index (κ2) is 8.28. The van der Waals surface area contributed by atoms with Crippen LogP contribution in [0, 0.1) is 0 Å². The average Bonchev–Trinajstić information content (AvgIpc) is 3.67. The Labute approximate surface area is 232 Å². The highest BCUT2D eigenvalue weighted by Gasteiger charge is 2.13. The molecule has 0 aliphatic carbocycles. The smallest absolute Gasteiger partial charge is 0.135 e. The largest absolute Gasteiger partial charge is 0.456 e. The molecule has 0 N–H and O–H groups in total. The molecule has 0 bridgehead atoms. The Morgan fingerprint density at radius 3 is 1.23 bits per heavy atom. The zero-order chi connectivity index (χ0) is 26.2. The predicted molar refractivity (Wildman–Crippen MR) is 164 cm³/mol. The minimum absolute atomic E-state index is 0.891. The Morgan fingerprint density at radius 1 is 0.325 bits per heavy atom. The van der Waals surface area contributed by atoms with Crippen LogP contribution in [0.15, 0.2) is 144 Å². The highest BCUT2D eigenvalue weighted by Crippen LogP contribution is 2.39. The molecule has 4 heteroatoms. The lowest BCUT2D eigenvalue weighted by Gasteiger charge is -2.04. The highest BCUT2D eigenvalue weighted by molar-refractivity contribution is 7.99. The molecule has 0 atom stereocenters. The van der Waals surface area contributed by atoms with E-state index in [0.717, 1.165) is 76.9 Å².